The Morgan fingerprint density at radius 2 is 1.95 bits per heavy atom. The highest BCUT2D eigenvalue weighted by atomic mass is 127. The highest BCUT2D eigenvalue weighted by Crippen LogP contribution is 2.29. The summed E-state index contributed by atoms with van der Waals surface area (Å²) >= 11 is 2.15. The number of aryl methyl sites for hydroxylation is 2. The lowest BCUT2D eigenvalue weighted by molar-refractivity contribution is 0.757. The monoisotopic (exact) mass is 398 g/mol. The molecule has 21 heavy (non-hydrogen) atoms. The van der Waals surface area contributed by atoms with Gasteiger partial charge < -0.3 is 4.98 Å². The average molecular weight is 398 g/mol. The number of H-pyrrole nitrogens is 1. The summed E-state index contributed by atoms with van der Waals surface area (Å²) in [5.74, 6) is 0.359. The van der Waals surface area contributed by atoms with Gasteiger partial charge in [-0.3, -0.25) is 0 Å². The quantitative estimate of drug-likeness (QED) is 0.518. The number of aromatic amines is 1. The van der Waals surface area contributed by atoms with E-state index >= 15 is 0 Å². The van der Waals surface area contributed by atoms with E-state index < -0.39 is 0 Å². The first kappa shape index (κ1) is 18.2. The molecule has 0 aliphatic carbocycles. The topological polar surface area (TPSA) is 28.7 Å². The van der Waals surface area contributed by atoms with Crippen molar-refractivity contribution >= 4 is 22.6 Å². The third-order valence-corrected chi connectivity index (χ3v) is 4.06. The first-order chi connectivity index (χ1) is 10.1. The number of hydrogen-bond donors (Lipinski definition) is 1. The molecular weight excluding hydrogens is 371 g/mol. The normalized spacial score (nSPS) is 11.7. The highest BCUT2D eigenvalue weighted by Gasteiger charge is 2.17. The fourth-order valence-corrected chi connectivity index (χ4v) is 2.65. The molecule has 2 rings (SSSR count). The maximum Gasteiger partial charge on any atom is 0.0925 e. The van der Waals surface area contributed by atoms with Crippen molar-refractivity contribution in [3.8, 4) is 0 Å². The maximum atomic E-state index is 4.56. The summed E-state index contributed by atoms with van der Waals surface area (Å²) in [7, 11) is 0. The fraction of sp³-hybridized carbons (Fsp3) is 0.500. The smallest absolute Gasteiger partial charge is 0.0925 e. The van der Waals surface area contributed by atoms with E-state index in [0.717, 1.165) is 6.42 Å². The minimum absolute atomic E-state index is 0.359. The van der Waals surface area contributed by atoms with Crippen LogP contribution in [-0.2, 0) is 6.42 Å². The Kier molecular flexibility index (Phi) is 8.01. The number of alkyl halides is 1. The minimum atomic E-state index is 0.359. The number of hydrogen-bond acceptors (Lipinski definition) is 1. The molecule has 0 bridgehead atoms. The van der Waals surface area contributed by atoms with Crippen LogP contribution in [0.5, 0.6) is 0 Å². The second-order valence-electron chi connectivity index (χ2n) is 5.38. The highest BCUT2D eigenvalue weighted by molar-refractivity contribution is 14.1. The number of benzene rings is 1. The van der Waals surface area contributed by atoms with E-state index in [1.54, 1.807) is 0 Å². The molecule has 0 saturated heterocycles. The van der Waals surface area contributed by atoms with Gasteiger partial charge in [-0.15, -0.1) is 0 Å². The van der Waals surface area contributed by atoms with Gasteiger partial charge in [0.1, 0.15) is 0 Å². The Balaban J connectivity index is 0.00000106. The first-order valence-electron chi connectivity index (χ1n) is 7.61. The minimum Gasteiger partial charge on any atom is -0.348 e. The predicted octanol–water partition coefficient (Wildman–Crippen LogP) is 5.57. The van der Waals surface area contributed by atoms with Crippen LogP contribution in [-0.4, -0.2) is 14.9 Å². The molecule has 0 amide bonds. The molecule has 0 spiro atoms. The van der Waals surface area contributed by atoms with E-state index in [9.17, 15) is 0 Å². The van der Waals surface area contributed by atoms with Crippen molar-refractivity contribution in [1.29, 1.82) is 0 Å². The number of rotatable bonds is 5. The van der Waals surface area contributed by atoms with E-state index in [1.165, 1.54) is 40.9 Å². The zero-order valence-corrected chi connectivity index (χ0v) is 16.0. The first-order valence-corrected chi connectivity index (χ1v) is 9.77. The number of nitrogens with zero attached hydrogens (tertiary/aromatic N) is 1. The third kappa shape index (κ3) is 4.56. The van der Waals surface area contributed by atoms with E-state index in [4.69, 9.17) is 0 Å². The van der Waals surface area contributed by atoms with Crippen molar-refractivity contribution in [2.75, 3.05) is 4.93 Å². The number of nitrogens with one attached hydrogen (secondary N) is 1. The van der Waals surface area contributed by atoms with Crippen molar-refractivity contribution in [2.24, 2.45) is 0 Å². The van der Waals surface area contributed by atoms with Crippen LogP contribution in [0.2, 0.25) is 0 Å². The van der Waals surface area contributed by atoms with Crippen LogP contribution in [0.3, 0.4) is 0 Å². The second kappa shape index (κ2) is 9.23. The molecule has 0 radical (unpaired) electrons. The molecule has 1 heterocycles. The van der Waals surface area contributed by atoms with Crippen molar-refractivity contribution in [2.45, 2.75) is 52.9 Å². The summed E-state index contributed by atoms with van der Waals surface area (Å²) in [6, 6.07) is 6.55. The van der Waals surface area contributed by atoms with Crippen LogP contribution < -0.4 is 0 Å². The molecule has 2 aromatic rings. The van der Waals surface area contributed by atoms with Crippen molar-refractivity contribution < 1.29 is 0 Å². The van der Waals surface area contributed by atoms with Gasteiger partial charge in [0.15, 0.2) is 0 Å². The molecule has 3 heteroatoms. The third-order valence-electron chi connectivity index (χ3n) is 4.06. The van der Waals surface area contributed by atoms with Gasteiger partial charge in [-0.1, -0.05) is 61.1 Å². The van der Waals surface area contributed by atoms with Crippen molar-refractivity contribution in [1.82, 2.24) is 9.97 Å². The van der Waals surface area contributed by atoms with Gasteiger partial charge in [0, 0.05) is 11.6 Å². The molecule has 0 fully saturated rings. The van der Waals surface area contributed by atoms with Crippen molar-refractivity contribution in [3.63, 3.8) is 0 Å². The lowest BCUT2D eigenvalue weighted by Crippen LogP contribution is -2.04. The molecule has 1 aromatic carbocycles. The van der Waals surface area contributed by atoms with Gasteiger partial charge in [0.25, 0.3) is 0 Å². The number of halogens is 1. The van der Waals surface area contributed by atoms with Gasteiger partial charge in [-0.2, -0.15) is 0 Å². The molecule has 1 unspecified atom stereocenters. The molecule has 116 valence electrons. The van der Waals surface area contributed by atoms with Gasteiger partial charge in [-0.25, -0.2) is 4.98 Å². The summed E-state index contributed by atoms with van der Waals surface area (Å²) in [5.41, 5.74) is 6.65. The van der Waals surface area contributed by atoms with Gasteiger partial charge in [0.05, 0.1) is 12.0 Å². The van der Waals surface area contributed by atoms with E-state index in [0.29, 0.717) is 5.92 Å². The molecule has 1 atom stereocenters. The van der Waals surface area contributed by atoms with Gasteiger partial charge >= 0.3 is 0 Å². The summed E-state index contributed by atoms with van der Waals surface area (Å²) in [6.07, 6.45) is 5.37. The van der Waals surface area contributed by atoms with Gasteiger partial charge in [0.2, 0.25) is 0 Å². The van der Waals surface area contributed by atoms with E-state index in [1.807, 2.05) is 11.3 Å². The number of aromatic nitrogens is 2. The molecule has 1 N–H and O–H groups in total. The molecule has 0 aliphatic rings. The molecule has 1 aromatic heterocycles. The summed E-state index contributed by atoms with van der Waals surface area (Å²) in [5, 5.41) is 0. The van der Waals surface area contributed by atoms with Gasteiger partial charge in [-0.05, 0) is 48.3 Å². The predicted molar refractivity (Wildman–Crippen MR) is 101 cm³/mol. The van der Waals surface area contributed by atoms with Crippen LogP contribution in [0, 0.1) is 13.8 Å². The van der Waals surface area contributed by atoms with Crippen LogP contribution in [0.25, 0.3) is 0 Å². The molecular formula is C18H27IN2. The lowest BCUT2D eigenvalue weighted by Gasteiger charge is -2.16. The molecule has 0 aliphatic heterocycles. The maximum absolute atomic E-state index is 4.56. The lowest BCUT2D eigenvalue weighted by atomic mass is 9.90. The van der Waals surface area contributed by atoms with E-state index in [-0.39, 0.29) is 0 Å². The zero-order chi connectivity index (χ0) is 15.8. The Morgan fingerprint density at radius 1 is 1.24 bits per heavy atom. The molecule has 2 nitrogen and oxygen atoms in total. The average Bonchev–Trinajstić information content (AvgIpc) is 2.97. The number of imidazole rings is 1. The molecule has 0 saturated carbocycles. The largest absolute Gasteiger partial charge is 0.348 e. The SMILES string of the molecule is CCCCc1[nH]cnc1C(C)c1cccc(C)c1C.CI. The second-order valence-corrected chi connectivity index (χ2v) is 5.38. The summed E-state index contributed by atoms with van der Waals surface area (Å²) in [4.78, 5) is 9.84. The summed E-state index contributed by atoms with van der Waals surface area (Å²) in [6.45, 7) is 8.87. The fourth-order valence-electron chi connectivity index (χ4n) is 2.65. The van der Waals surface area contributed by atoms with Crippen LogP contribution in [0.1, 0.15) is 60.7 Å². The standard InChI is InChI=1S/C17H24N2.CH3I/c1-5-6-10-16-17(19-11-18-16)14(4)15-9-7-8-12(2)13(15)3;1-2/h7-9,11,14H,5-6,10H2,1-4H3,(H,18,19);1H3. The van der Waals surface area contributed by atoms with Crippen LogP contribution in [0.4, 0.5) is 0 Å². The van der Waals surface area contributed by atoms with Crippen LogP contribution >= 0.6 is 22.6 Å². The summed E-state index contributed by atoms with van der Waals surface area (Å²) < 4.78 is 0. The Hall–Kier alpha value is -0.840. The Morgan fingerprint density at radius 3 is 2.62 bits per heavy atom. The van der Waals surface area contributed by atoms with Crippen molar-refractivity contribution in [3.05, 3.63) is 52.6 Å². The zero-order valence-electron chi connectivity index (χ0n) is 13.8. The van der Waals surface area contributed by atoms with Crippen LogP contribution in [0.15, 0.2) is 24.5 Å². The Labute approximate surface area is 142 Å². The Bertz CT molecular complexity index is 546. The van der Waals surface area contributed by atoms with E-state index in [2.05, 4.69) is 78.5 Å². The number of unbranched alkanes of at least 4 members (excludes halogenated alkanes) is 1.